The second kappa shape index (κ2) is 2.77. The first kappa shape index (κ1) is 9.03. The van der Waals surface area contributed by atoms with Gasteiger partial charge in [0.25, 0.3) is 0 Å². The number of halogens is 3. The van der Waals surface area contributed by atoms with Crippen LogP contribution in [0.4, 0.5) is 13.2 Å². The fourth-order valence-corrected chi connectivity index (χ4v) is 0.799. The van der Waals surface area contributed by atoms with Crippen molar-refractivity contribution >= 4 is 6.21 Å². The summed E-state index contributed by atoms with van der Waals surface area (Å²) in [4.78, 5) is 3.24. The van der Waals surface area contributed by atoms with Crippen molar-refractivity contribution in [2.75, 3.05) is 0 Å². The van der Waals surface area contributed by atoms with Gasteiger partial charge in [0, 0.05) is 5.57 Å². The van der Waals surface area contributed by atoms with E-state index in [-0.39, 0.29) is 5.57 Å². The molecule has 0 aromatic rings. The molecule has 0 aromatic heterocycles. The lowest BCUT2D eigenvalue weighted by atomic mass is 10.0. The molecule has 0 spiro atoms. The fourth-order valence-electron chi connectivity index (χ4n) is 0.799. The lowest BCUT2D eigenvalue weighted by Gasteiger charge is -2.09. The summed E-state index contributed by atoms with van der Waals surface area (Å²) >= 11 is 0. The first-order valence-corrected chi connectivity index (χ1v) is 3.26. The third-order valence-corrected chi connectivity index (χ3v) is 1.61. The maximum absolute atomic E-state index is 12.1. The van der Waals surface area contributed by atoms with Crippen LogP contribution in [0.15, 0.2) is 16.7 Å². The summed E-state index contributed by atoms with van der Waals surface area (Å²) in [7, 11) is 0. The van der Waals surface area contributed by atoms with Crippen LogP contribution in [-0.4, -0.2) is 12.4 Å². The zero-order chi connectivity index (χ0) is 9.35. The van der Waals surface area contributed by atoms with Crippen molar-refractivity contribution in [3.05, 3.63) is 22.9 Å². The number of hydrogen-bond donors (Lipinski definition) is 0. The number of rotatable bonds is 0. The fraction of sp³-hybridized carbons (Fsp3) is 0.375. The van der Waals surface area contributed by atoms with Gasteiger partial charge in [-0.05, 0) is 19.4 Å². The van der Waals surface area contributed by atoms with E-state index in [4.69, 9.17) is 0 Å². The van der Waals surface area contributed by atoms with Crippen molar-refractivity contribution in [1.29, 1.82) is 0 Å². The molecule has 0 aromatic carbocycles. The van der Waals surface area contributed by atoms with Gasteiger partial charge in [0.05, 0.1) is 4.99 Å². The maximum atomic E-state index is 12.1. The maximum Gasteiger partial charge on any atom is 0.423 e. The van der Waals surface area contributed by atoms with Crippen LogP contribution in [0.2, 0.25) is 0 Å². The smallest absolute Gasteiger partial charge is 0.166 e. The van der Waals surface area contributed by atoms with Crippen LogP contribution in [-0.2, 0) is 0 Å². The molecule has 1 nitrogen and oxygen atoms in total. The molecule has 0 N–H and O–H groups in total. The molecule has 4 heteroatoms. The Balaban J connectivity index is 3.11. The van der Waals surface area contributed by atoms with E-state index in [2.05, 4.69) is 11.2 Å². The summed E-state index contributed by atoms with van der Waals surface area (Å²) in [6.07, 6.45) is -0.0708. The van der Waals surface area contributed by atoms with Crippen molar-refractivity contribution < 1.29 is 13.2 Å². The molecule has 3 radical (unpaired) electrons. The first-order valence-electron chi connectivity index (χ1n) is 3.26. The molecule has 63 valence electrons. The topological polar surface area (TPSA) is 14.1 Å². The molecule has 0 saturated carbocycles. The van der Waals surface area contributed by atoms with E-state index in [0.717, 1.165) is 0 Å². The summed E-state index contributed by atoms with van der Waals surface area (Å²) in [6, 6.07) is 0. The molecule has 1 heterocycles. The van der Waals surface area contributed by atoms with Crippen LogP contribution in [0.3, 0.4) is 0 Å². The Morgan fingerprint density at radius 1 is 1.25 bits per heavy atom. The normalized spacial score (nSPS) is 18.2. The Morgan fingerprint density at radius 2 is 1.83 bits per heavy atom. The molecule has 0 atom stereocenters. The third kappa shape index (κ3) is 1.57. The standard InChI is InChI=1S/C8H6F3N/c1-5-3-12-4-7(6(5)2)8(9,10)11/h1-2H3/q+1. The van der Waals surface area contributed by atoms with Crippen LogP contribution < -0.4 is 4.99 Å². The number of aliphatic imine (C=N–C) groups is 1. The minimum Gasteiger partial charge on any atom is -0.166 e. The summed E-state index contributed by atoms with van der Waals surface area (Å²) < 4.78 is 36.4. The number of allylic oxidation sites excluding steroid dienone is 3. The highest BCUT2D eigenvalue weighted by Crippen LogP contribution is 2.32. The number of hydrogen-bond acceptors (Lipinski definition) is 1. The molecule has 0 amide bonds. The minimum atomic E-state index is -4.36. The van der Waals surface area contributed by atoms with Gasteiger partial charge in [-0.1, -0.05) is 0 Å². The third-order valence-electron chi connectivity index (χ3n) is 1.61. The Hall–Kier alpha value is -1.06. The molecule has 1 rings (SSSR count). The van der Waals surface area contributed by atoms with Crippen molar-refractivity contribution in [2.45, 2.75) is 20.0 Å². The monoisotopic (exact) mass is 173 g/mol. The van der Waals surface area contributed by atoms with E-state index in [0.29, 0.717) is 5.57 Å². The summed E-state index contributed by atoms with van der Waals surface area (Å²) in [6.45, 7) is 2.91. The lowest BCUT2D eigenvalue weighted by molar-refractivity contribution is -0.0901. The highest BCUT2D eigenvalue weighted by molar-refractivity contribution is 5.80. The average Bonchev–Trinajstić information content (AvgIpc) is 1.92. The van der Waals surface area contributed by atoms with E-state index < -0.39 is 11.7 Å². The lowest BCUT2D eigenvalue weighted by Crippen LogP contribution is -2.17. The Labute approximate surface area is 68.3 Å². The first-order chi connectivity index (χ1) is 5.43. The molecular weight excluding hydrogens is 167 g/mol. The molecule has 1 aliphatic heterocycles. The molecule has 0 unspecified atom stereocenters. The van der Waals surface area contributed by atoms with Crippen LogP contribution in [0.25, 0.3) is 0 Å². The van der Waals surface area contributed by atoms with E-state index in [9.17, 15) is 13.2 Å². The van der Waals surface area contributed by atoms with Gasteiger partial charge in [0.2, 0.25) is 0 Å². The van der Waals surface area contributed by atoms with E-state index in [1.54, 1.807) is 0 Å². The van der Waals surface area contributed by atoms with Gasteiger partial charge >= 0.3 is 18.6 Å². The highest BCUT2D eigenvalue weighted by Gasteiger charge is 2.40. The molecule has 0 bridgehead atoms. The van der Waals surface area contributed by atoms with Crippen LogP contribution in [0, 0.1) is 6.20 Å². The van der Waals surface area contributed by atoms with Gasteiger partial charge in [0.1, 0.15) is 5.57 Å². The Morgan fingerprint density at radius 3 is 2.25 bits per heavy atom. The van der Waals surface area contributed by atoms with Gasteiger partial charge < -0.3 is 0 Å². The average molecular weight is 173 g/mol. The van der Waals surface area contributed by atoms with Crippen LogP contribution in [0.5, 0.6) is 0 Å². The van der Waals surface area contributed by atoms with Crippen molar-refractivity contribution in [1.82, 2.24) is 4.99 Å². The highest BCUT2D eigenvalue weighted by atomic mass is 19.4. The number of alkyl halides is 3. The number of nitrogens with zero attached hydrogens (tertiary/aromatic N) is 1. The van der Waals surface area contributed by atoms with Crippen molar-refractivity contribution in [2.24, 2.45) is 0 Å². The predicted octanol–water partition coefficient (Wildman–Crippen LogP) is 1.87. The van der Waals surface area contributed by atoms with Gasteiger partial charge in [-0.3, -0.25) is 0 Å². The molecule has 0 fully saturated rings. The van der Waals surface area contributed by atoms with Gasteiger partial charge in [-0.15, -0.1) is 0 Å². The van der Waals surface area contributed by atoms with Gasteiger partial charge in [-0.25, -0.2) is 0 Å². The second-order valence-corrected chi connectivity index (χ2v) is 2.46. The molecule has 1 aliphatic rings. The molecular formula is C8H6F3N+. The molecule has 12 heavy (non-hydrogen) atoms. The Bertz CT molecular complexity index is 281. The Kier molecular flexibility index (Phi) is 2.08. The summed E-state index contributed by atoms with van der Waals surface area (Å²) in [5.74, 6) is 0. The summed E-state index contributed by atoms with van der Waals surface area (Å²) in [5.41, 5.74) is -0.266. The van der Waals surface area contributed by atoms with Gasteiger partial charge in [0.15, 0.2) is 0 Å². The minimum absolute atomic E-state index is 0.137. The zero-order valence-corrected chi connectivity index (χ0v) is 6.58. The van der Waals surface area contributed by atoms with Gasteiger partial charge in [-0.2, -0.15) is 13.2 Å². The van der Waals surface area contributed by atoms with Crippen LogP contribution in [0.1, 0.15) is 13.8 Å². The predicted molar refractivity (Wildman–Crippen MR) is 38.3 cm³/mol. The SMILES string of the molecule is CC1=C(C)C(C(F)(F)F)=[C][N+]=[C]1. The van der Waals surface area contributed by atoms with E-state index in [1.807, 2.05) is 6.20 Å². The van der Waals surface area contributed by atoms with Crippen molar-refractivity contribution in [3.8, 4) is 0 Å². The van der Waals surface area contributed by atoms with Crippen molar-refractivity contribution in [3.63, 3.8) is 0 Å². The van der Waals surface area contributed by atoms with E-state index in [1.165, 1.54) is 13.8 Å². The quantitative estimate of drug-likeness (QED) is 0.531. The molecule has 0 saturated heterocycles. The largest absolute Gasteiger partial charge is 0.423 e. The molecule has 0 aliphatic carbocycles. The zero-order valence-electron chi connectivity index (χ0n) is 6.58. The van der Waals surface area contributed by atoms with E-state index >= 15 is 0 Å². The summed E-state index contributed by atoms with van der Waals surface area (Å²) in [5, 5.41) is 0. The second-order valence-electron chi connectivity index (χ2n) is 2.46. The van der Waals surface area contributed by atoms with Crippen LogP contribution >= 0.6 is 0 Å².